The summed E-state index contributed by atoms with van der Waals surface area (Å²) in [5.41, 5.74) is 7.51. The van der Waals surface area contributed by atoms with E-state index in [1.165, 1.54) is 12.1 Å². The van der Waals surface area contributed by atoms with Gasteiger partial charge in [-0.3, -0.25) is 4.79 Å². The van der Waals surface area contributed by atoms with Crippen molar-refractivity contribution in [3.8, 4) is 0 Å². The third kappa shape index (κ3) is 3.61. The van der Waals surface area contributed by atoms with Crippen molar-refractivity contribution < 1.29 is 9.18 Å². The lowest BCUT2D eigenvalue weighted by molar-refractivity contribution is 0.0939. The molecule has 0 radical (unpaired) electrons. The Bertz CT molecular complexity index is 647. The lowest BCUT2D eigenvalue weighted by Crippen LogP contribution is -2.26. The molecule has 0 aromatic heterocycles. The van der Waals surface area contributed by atoms with Gasteiger partial charge in [0.2, 0.25) is 0 Å². The predicted octanol–water partition coefficient (Wildman–Crippen LogP) is 3.97. The molecule has 0 aliphatic carbocycles. The summed E-state index contributed by atoms with van der Waals surface area (Å²) in [5, 5.41) is 2.83. The van der Waals surface area contributed by atoms with Crippen molar-refractivity contribution in [2.45, 2.75) is 19.9 Å². The minimum Gasteiger partial charge on any atom is -0.398 e. The Labute approximate surface area is 131 Å². The summed E-state index contributed by atoms with van der Waals surface area (Å²) in [4.78, 5) is 12.2. The monoisotopic (exact) mass is 350 g/mol. The van der Waals surface area contributed by atoms with Gasteiger partial charge in [-0.25, -0.2) is 4.39 Å². The number of nitrogens with two attached hydrogens (primary N) is 1. The van der Waals surface area contributed by atoms with Crippen LogP contribution in [0.4, 0.5) is 10.1 Å². The van der Waals surface area contributed by atoms with E-state index in [9.17, 15) is 9.18 Å². The molecular weight excluding hydrogens is 335 g/mol. The maximum atomic E-state index is 13.6. The van der Waals surface area contributed by atoms with Gasteiger partial charge in [0.25, 0.3) is 5.91 Å². The third-order valence-electron chi connectivity index (χ3n) is 3.36. The fourth-order valence-corrected chi connectivity index (χ4v) is 2.21. The number of hydrogen-bond donors (Lipinski definition) is 2. The fraction of sp³-hybridized carbons (Fsp3) is 0.188. The first-order valence-electron chi connectivity index (χ1n) is 6.50. The Hall–Kier alpha value is -1.88. The quantitative estimate of drug-likeness (QED) is 0.823. The van der Waals surface area contributed by atoms with Gasteiger partial charge in [0.1, 0.15) is 5.82 Å². The van der Waals surface area contributed by atoms with Crippen LogP contribution in [0.3, 0.4) is 0 Å². The van der Waals surface area contributed by atoms with Crippen LogP contribution in [0.1, 0.15) is 34.5 Å². The number of amides is 1. The Morgan fingerprint density at radius 3 is 2.48 bits per heavy atom. The van der Waals surface area contributed by atoms with Crippen LogP contribution in [0.5, 0.6) is 0 Å². The van der Waals surface area contributed by atoms with Gasteiger partial charge in [-0.05, 0) is 43.7 Å². The zero-order valence-electron chi connectivity index (χ0n) is 11.8. The first-order valence-corrected chi connectivity index (χ1v) is 7.29. The fourth-order valence-electron chi connectivity index (χ4n) is 1.95. The number of carbonyl (C=O) groups excluding carboxylic acids is 1. The molecule has 5 heteroatoms. The summed E-state index contributed by atoms with van der Waals surface area (Å²) in [6.07, 6.45) is 0. The molecule has 1 atom stereocenters. The van der Waals surface area contributed by atoms with Crippen molar-refractivity contribution in [2.75, 3.05) is 5.73 Å². The Morgan fingerprint density at radius 2 is 1.90 bits per heavy atom. The van der Waals surface area contributed by atoms with Crippen molar-refractivity contribution in [2.24, 2.45) is 0 Å². The molecule has 0 saturated heterocycles. The number of hydrogen-bond acceptors (Lipinski definition) is 2. The number of halogens is 2. The summed E-state index contributed by atoms with van der Waals surface area (Å²) in [7, 11) is 0. The molecule has 0 aliphatic rings. The molecular formula is C16H16BrFN2O. The zero-order valence-corrected chi connectivity index (χ0v) is 13.4. The lowest BCUT2D eigenvalue weighted by Gasteiger charge is -2.15. The minimum atomic E-state index is -0.476. The van der Waals surface area contributed by atoms with Crippen molar-refractivity contribution >= 4 is 27.5 Å². The second kappa shape index (κ2) is 6.26. The Balaban J connectivity index is 2.16. The molecule has 1 amide bonds. The van der Waals surface area contributed by atoms with Gasteiger partial charge < -0.3 is 11.1 Å². The van der Waals surface area contributed by atoms with Crippen molar-refractivity contribution in [3.63, 3.8) is 0 Å². The summed E-state index contributed by atoms with van der Waals surface area (Å²) in [6, 6.07) is 10.1. The molecule has 3 N–H and O–H groups in total. The smallest absolute Gasteiger partial charge is 0.251 e. The number of nitrogen functional groups attached to an aromatic ring is 1. The molecule has 2 aromatic rings. The van der Waals surface area contributed by atoms with Crippen LogP contribution in [0.15, 0.2) is 40.9 Å². The van der Waals surface area contributed by atoms with E-state index in [4.69, 9.17) is 5.73 Å². The number of benzene rings is 2. The number of anilines is 1. The topological polar surface area (TPSA) is 55.1 Å². The minimum absolute atomic E-state index is 0.184. The first kappa shape index (κ1) is 15.5. The van der Waals surface area contributed by atoms with Crippen LogP contribution in [-0.4, -0.2) is 5.91 Å². The normalized spacial score (nSPS) is 12.0. The van der Waals surface area contributed by atoms with Crippen LogP contribution in [-0.2, 0) is 0 Å². The first-order chi connectivity index (χ1) is 9.88. The van der Waals surface area contributed by atoms with Gasteiger partial charge in [-0.1, -0.05) is 28.1 Å². The summed E-state index contributed by atoms with van der Waals surface area (Å²) in [6.45, 7) is 3.45. The van der Waals surface area contributed by atoms with Crippen molar-refractivity contribution in [1.29, 1.82) is 0 Å². The summed E-state index contributed by atoms with van der Waals surface area (Å²) in [5.74, 6) is -0.826. The Kier molecular flexibility index (Phi) is 4.63. The van der Waals surface area contributed by atoms with E-state index in [1.54, 1.807) is 6.92 Å². The summed E-state index contributed by atoms with van der Waals surface area (Å²) < 4.78 is 14.6. The average Bonchev–Trinajstić information content (AvgIpc) is 2.44. The van der Waals surface area contributed by atoms with Gasteiger partial charge in [-0.2, -0.15) is 0 Å². The van der Waals surface area contributed by atoms with E-state index in [0.29, 0.717) is 5.56 Å². The van der Waals surface area contributed by atoms with Crippen molar-refractivity contribution in [1.82, 2.24) is 5.32 Å². The average molecular weight is 351 g/mol. The van der Waals surface area contributed by atoms with Gasteiger partial charge in [0, 0.05) is 21.3 Å². The molecule has 3 nitrogen and oxygen atoms in total. The molecule has 110 valence electrons. The third-order valence-corrected chi connectivity index (χ3v) is 3.89. The van der Waals surface area contributed by atoms with Gasteiger partial charge >= 0.3 is 0 Å². The van der Waals surface area contributed by atoms with E-state index in [1.807, 2.05) is 31.2 Å². The number of nitrogens with one attached hydrogen (secondary N) is 1. The molecule has 0 heterocycles. The maximum Gasteiger partial charge on any atom is 0.251 e. The van der Waals surface area contributed by atoms with Crippen LogP contribution >= 0.6 is 15.9 Å². The molecule has 0 bridgehead atoms. The van der Waals surface area contributed by atoms with Crippen LogP contribution in [0.2, 0.25) is 0 Å². The molecule has 21 heavy (non-hydrogen) atoms. The largest absolute Gasteiger partial charge is 0.398 e. The van der Waals surface area contributed by atoms with Crippen molar-refractivity contribution in [3.05, 3.63) is 63.4 Å². The Morgan fingerprint density at radius 1 is 1.29 bits per heavy atom. The highest BCUT2D eigenvalue weighted by Gasteiger charge is 2.14. The molecule has 0 saturated carbocycles. The van der Waals surface area contributed by atoms with E-state index in [-0.39, 0.29) is 23.2 Å². The van der Waals surface area contributed by atoms with Gasteiger partial charge in [0.15, 0.2) is 0 Å². The highest BCUT2D eigenvalue weighted by molar-refractivity contribution is 9.10. The standard InChI is InChI=1S/C16H16BrFN2O/c1-9-14(18)7-12(8-15(9)19)16(21)20-10(2)11-3-5-13(17)6-4-11/h3-8,10H,19H2,1-2H3,(H,20,21). The molecule has 2 aromatic carbocycles. The van der Waals surface area contributed by atoms with E-state index < -0.39 is 5.82 Å². The van der Waals surface area contributed by atoms with Gasteiger partial charge in [-0.15, -0.1) is 0 Å². The lowest BCUT2D eigenvalue weighted by atomic mass is 10.1. The van der Waals surface area contributed by atoms with E-state index in [2.05, 4.69) is 21.2 Å². The maximum absolute atomic E-state index is 13.6. The van der Waals surface area contributed by atoms with E-state index >= 15 is 0 Å². The molecule has 2 rings (SSSR count). The highest BCUT2D eigenvalue weighted by atomic mass is 79.9. The second-order valence-corrected chi connectivity index (χ2v) is 5.83. The SMILES string of the molecule is Cc1c(N)cc(C(=O)NC(C)c2ccc(Br)cc2)cc1F. The number of rotatable bonds is 3. The zero-order chi connectivity index (χ0) is 15.6. The molecule has 0 fully saturated rings. The van der Waals surface area contributed by atoms with Crippen LogP contribution < -0.4 is 11.1 Å². The molecule has 0 aliphatic heterocycles. The highest BCUT2D eigenvalue weighted by Crippen LogP contribution is 2.20. The van der Waals surface area contributed by atoms with Gasteiger partial charge in [0.05, 0.1) is 6.04 Å². The van der Waals surface area contributed by atoms with E-state index in [0.717, 1.165) is 10.0 Å². The number of carbonyl (C=O) groups is 1. The molecule has 1 unspecified atom stereocenters. The van der Waals surface area contributed by atoms with Crippen LogP contribution in [0, 0.1) is 12.7 Å². The second-order valence-electron chi connectivity index (χ2n) is 4.92. The predicted molar refractivity (Wildman–Crippen MR) is 85.6 cm³/mol. The van der Waals surface area contributed by atoms with Crippen LogP contribution in [0.25, 0.3) is 0 Å². The molecule has 0 spiro atoms. The summed E-state index contributed by atoms with van der Waals surface area (Å²) >= 11 is 3.36.